The second-order valence-electron chi connectivity index (χ2n) is 9.58. The SMILES string of the molecule is C#CCN(C)CCOc1ccc(Nc2ncc(-c3ccc(C(=O)NCC(=O)OC(C)(C)C)cc3)cn2)cc1. The van der Waals surface area contributed by atoms with E-state index in [1.54, 1.807) is 57.4 Å². The fourth-order valence-corrected chi connectivity index (χ4v) is 3.31. The molecule has 1 amide bonds. The van der Waals surface area contributed by atoms with E-state index in [4.69, 9.17) is 15.9 Å². The molecule has 3 rings (SSSR count). The summed E-state index contributed by atoms with van der Waals surface area (Å²) < 4.78 is 10.9. The molecule has 0 fully saturated rings. The highest BCUT2D eigenvalue weighted by atomic mass is 16.6. The second-order valence-corrected chi connectivity index (χ2v) is 9.58. The number of ether oxygens (including phenoxy) is 2. The van der Waals surface area contributed by atoms with Gasteiger partial charge in [-0.1, -0.05) is 18.1 Å². The summed E-state index contributed by atoms with van der Waals surface area (Å²) in [4.78, 5) is 34.9. The van der Waals surface area contributed by atoms with Crippen LogP contribution in [0.1, 0.15) is 31.1 Å². The highest BCUT2D eigenvalue weighted by molar-refractivity contribution is 5.96. The van der Waals surface area contributed by atoms with Crippen LogP contribution >= 0.6 is 0 Å². The van der Waals surface area contributed by atoms with Crippen molar-refractivity contribution in [3.05, 3.63) is 66.5 Å². The van der Waals surface area contributed by atoms with E-state index in [2.05, 4.69) is 26.5 Å². The van der Waals surface area contributed by atoms with Crippen molar-refractivity contribution < 1.29 is 19.1 Å². The molecule has 3 aromatic rings. The maximum Gasteiger partial charge on any atom is 0.325 e. The summed E-state index contributed by atoms with van der Waals surface area (Å²) in [5.41, 5.74) is 2.32. The van der Waals surface area contributed by atoms with Gasteiger partial charge in [0.25, 0.3) is 5.91 Å². The molecule has 0 saturated carbocycles. The van der Waals surface area contributed by atoms with Gasteiger partial charge in [0.05, 0.1) is 6.54 Å². The maximum atomic E-state index is 12.3. The summed E-state index contributed by atoms with van der Waals surface area (Å²) in [6.07, 6.45) is 8.71. The van der Waals surface area contributed by atoms with Gasteiger partial charge >= 0.3 is 5.97 Å². The third-order valence-electron chi connectivity index (χ3n) is 5.16. The number of nitrogens with one attached hydrogen (secondary N) is 2. The summed E-state index contributed by atoms with van der Waals surface area (Å²) in [6, 6.07) is 14.5. The van der Waals surface area contributed by atoms with Gasteiger partial charge in [0, 0.05) is 35.8 Å². The van der Waals surface area contributed by atoms with Crippen LogP contribution in [0.3, 0.4) is 0 Å². The minimum Gasteiger partial charge on any atom is -0.492 e. The van der Waals surface area contributed by atoms with Crippen LogP contribution in [0.2, 0.25) is 0 Å². The molecule has 1 aromatic heterocycles. The number of amides is 1. The fraction of sp³-hybridized carbons (Fsp3) is 0.310. The molecule has 1 heterocycles. The topological polar surface area (TPSA) is 106 Å². The molecule has 0 spiro atoms. The molecule has 0 aliphatic heterocycles. The molecule has 0 aliphatic rings. The lowest BCUT2D eigenvalue weighted by Gasteiger charge is -2.19. The molecule has 0 aliphatic carbocycles. The van der Waals surface area contributed by atoms with Crippen molar-refractivity contribution in [1.29, 1.82) is 0 Å². The summed E-state index contributed by atoms with van der Waals surface area (Å²) in [6.45, 7) is 7.01. The third-order valence-corrected chi connectivity index (χ3v) is 5.16. The number of nitrogens with zero attached hydrogens (tertiary/aromatic N) is 3. The molecule has 2 aromatic carbocycles. The quantitative estimate of drug-likeness (QED) is 0.293. The second kappa shape index (κ2) is 13.2. The molecule has 0 bridgehead atoms. The zero-order valence-electron chi connectivity index (χ0n) is 22.2. The van der Waals surface area contributed by atoms with Gasteiger partial charge in [-0.2, -0.15) is 0 Å². The van der Waals surface area contributed by atoms with Crippen molar-refractivity contribution in [3.8, 4) is 29.2 Å². The lowest BCUT2D eigenvalue weighted by molar-refractivity contribution is -0.153. The molecular formula is C29H33N5O4. The van der Waals surface area contributed by atoms with Crippen LogP contribution in [0.25, 0.3) is 11.1 Å². The van der Waals surface area contributed by atoms with E-state index in [0.29, 0.717) is 24.7 Å². The first-order chi connectivity index (χ1) is 18.1. The Morgan fingerprint density at radius 2 is 1.66 bits per heavy atom. The van der Waals surface area contributed by atoms with Gasteiger partial charge in [0.2, 0.25) is 5.95 Å². The van der Waals surface area contributed by atoms with Gasteiger partial charge in [-0.15, -0.1) is 6.42 Å². The Kier molecular flexibility index (Phi) is 9.79. The van der Waals surface area contributed by atoms with E-state index in [1.165, 1.54) is 0 Å². The zero-order chi connectivity index (χ0) is 27.5. The number of likely N-dealkylation sites (N-methyl/N-ethyl adjacent to an activating group) is 1. The summed E-state index contributed by atoms with van der Waals surface area (Å²) in [5, 5.41) is 5.73. The van der Waals surface area contributed by atoms with Gasteiger partial charge in [-0.25, -0.2) is 9.97 Å². The fourth-order valence-electron chi connectivity index (χ4n) is 3.31. The molecule has 9 nitrogen and oxygen atoms in total. The molecule has 0 unspecified atom stereocenters. The van der Waals surface area contributed by atoms with Crippen LogP contribution in [-0.2, 0) is 9.53 Å². The van der Waals surface area contributed by atoms with Gasteiger partial charge in [0.15, 0.2) is 0 Å². The molecule has 198 valence electrons. The molecule has 38 heavy (non-hydrogen) atoms. The number of esters is 1. The Morgan fingerprint density at radius 3 is 2.26 bits per heavy atom. The summed E-state index contributed by atoms with van der Waals surface area (Å²) in [7, 11) is 1.95. The number of carbonyl (C=O) groups excluding carboxylic acids is 2. The Hall–Kier alpha value is -4.42. The van der Waals surface area contributed by atoms with Crippen LogP contribution < -0.4 is 15.4 Å². The lowest BCUT2D eigenvalue weighted by Crippen LogP contribution is -2.34. The Labute approximate surface area is 223 Å². The minimum atomic E-state index is -0.601. The van der Waals surface area contributed by atoms with Gasteiger partial charge < -0.3 is 20.1 Å². The van der Waals surface area contributed by atoms with Crippen LogP contribution in [0.15, 0.2) is 60.9 Å². The number of terminal acetylenes is 1. The van der Waals surface area contributed by atoms with Crippen LogP contribution in [-0.4, -0.2) is 65.6 Å². The highest BCUT2D eigenvalue weighted by Gasteiger charge is 2.17. The van der Waals surface area contributed by atoms with Crippen molar-refractivity contribution in [3.63, 3.8) is 0 Å². The zero-order valence-corrected chi connectivity index (χ0v) is 22.2. The maximum absolute atomic E-state index is 12.3. The largest absolute Gasteiger partial charge is 0.492 e. The van der Waals surface area contributed by atoms with Crippen LogP contribution in [0.5, 0.6) is 5.75 Å². The van der Waals surface area contributed by atoms with E-state index in [1.807, 2.05) is 36.2 Å². The number of benzene rings is 2. The predicted molar refractivity (Wildman–Crippen MR) is 147 cm³/mol. The predicted octanol–water partition coefficient (Wildman–Crippen LogP) is 3.90. The van der Waals surface area contributed by atoms with E-state index in [-0.39, 0.29) is 12.5 Å². The first-order valence-corrected chi connectivity index (χ1v) is 12.2. The van der Waals surface area contributed by atoms with Gasteiger partial charge in [-0.05, 0) is 69.8 Å². The van der Waals surface area contributed by atoms with E-state index < -0.39 is 11.6 Å². The van der Waals surface area contributed by atoms with Crippen LogP contribution in [0.4, 0.5) is 11.6 Å². The van der Waals surface area contributed by atoms with Crippen molar-refractivity contribution in [2.75, 3.05) is 38.6 Å². The normalized spacial score (nSPS) is 10.9. The van der Waals surface area contributed by atoms with Crippen molar-refractivity contribution in [2.24, 2.45) is 0 Å². The van der Waals surface area contributed by atoms with Crippen LogP contribution in [0, 0.1) is 12.3 Å². The number of hydrogen-bond acceptors (Lipinski definition) is 8. The molecule has 0 atom stereocenters. The van der Waals surface area contributed by atoms with E-state index in [9.17, 15) is 9.59 Å². The standard InChI is InChI=1S/C29H33N5O4/c1-6-15-34(5)16-17-37-25-13-11-24(12-14-25)33-28-31-18-23(19-32-28)21-7-9-22(10-8-21)27(36)30-20-26(35)38-29(2,3)4/h1,7-14,18-19H,15-17,20H2,2-5H3,(H,30,36)(H,31,32,33). The summed E-state index contributed by atoms with van der Waals surface area (Å²) >= 11 is 0. The molecule has 9 heteroatoms. The average Bonchev–Trinajstić information content (AvgIpc) is 2.88. The number of aromatic nitrogens is 2. The first-order valence-electron chi connectivity index (χ1n) is 12.2. The Morgan fingerprint density at radius 1 is 1.00 bits per heavy atom. The number of carbonyl (C=O) groups is 2. The third kappa shape index (κ3) is 9.22. The van der Waals surface area contributed by atoms with Gasteiger partial charge in [0.1, 0.15) is 24.5 Å². The smallest absolute Gasteiger partial charge is 0.325 e. The Bertz CT molecular complexity index is 1240. The average molecular weight is 516 g/mol. The van der Waals surface area contributed by atoms with Crippen molar-refractivity contribution in [1.82, 2.24) is 20.2 Å². The Balaban J connectivity index is 1.50. The van der Waals surface area contributed by atoms with E-state index in [0.717, 1.165) is 29.1 Å². The van der Waals surface area contributed by atoms with Gasteiger partial charge in [-0.3, -0.25) is 14.5 Å². The van der Waals surface area contributed by atoms with E-state index >= 15 is 0 Å². The van der Waals surface area contributed by atoms with Crippen molar-refractivity contribution >= 4 is 23.5 Å². The molecule has 2 N–H and O–H groups in total. The molecular weight excluding hydrogens is 482 g/mol. The highest BCUT2D eigenvalue weighted by Crippen LogP contribution is 2.21. The number of anilines is 2. The molecule has 0 radical (unpaired) electrons. The minimum absolute atomic E-state index is 0.194. The first kappa shape index (κ1) is 28.2. The van der Waals surface area contributed by atoms with Crippen molar-refractivity contribution in [2.45, 2.75) is 26.4 Å². The number of rotatable bonds is 11. The summed E-state index contributed by atoms with van der Waals surface area (Å²) in [5.74, 6) is 2.98. The number of hydrogen-bond donors (Lipinski definition) is 2. The monoisotopic (exact) mass is 515 g/mol. The lowest BCUT2D eigenvalue weighted by atomic mass is 10.1. The molecule has 0 saturated heterocycles.